The van der Waals surface area contributed by atoms with E-state index < -0.39 is 18.1 Å². The van der Waals surface area contributed by atoms with Crippen LogP contribution >= 0.6 is 0 Å². The molecule has 26 heavy (non-hydrogen) atoms. The Morgan fingerprint density at radius 1 is 1.12 bits per heavy atom. The van der Waals surface area contributed by atoms with Crippen LogP contribution in [0.3, 0.4) is 0 Å². The molecule has 0 radical (unpaired) electrons. The van der Waals surface area contributed by atoms with Gasteiger partial charge >= 0.3 is 12.1 Å². The maximum absolute atomic E-state index is 12.1. The normalized spacial score (nSPS) is 11.5. The van der Waals surface area contributed by atoms with Crippen LogP contribution in [0.4, 0.5) is 4.79 Å². The minimum Gasteiger partial charge on any atom is -0.508 e. The molecule has 138 valence electrons. The Kier molecular flexibility index (Phi) is 7.02. The lowest BCUT2D eigenvalue weighted by atomic mass is 9.98. The van der Waals surface area contributed by atoms with Crippen molar-refractivity contribution in [2.75, 3.05) is 7.11 Å². The molecule has 2 aromatic rings. The zero-order chi connectivity index (χ0) is 18.9. The minimum atomic E-state index is -0.877. The highest BCUT2D eigenvalue weighted by molar-refractivity contribution is 5.81. The molecule has 0 saturated heterocycles. The molecular weight excluding hydrogens is 334 g/mol. The number of aryl methyl sites for hydroxylation is 1. The lowest BCUT2D eigenvalue weighted by Crippen LogP contribution is -2.43. The second-order valence-electron chi connectivity index (χ2n) is 5.79. The number of benzene rings is 2. The zero-order valence-corrected chi connectivity index (χ0v) is 14.9. The molecule has 2 aromatic carbocycles. The van der Waals surface area contributed by atoms with Crippen molar-refractivity contribution >= 4 is 12.1 Å². The topological polar surface area (TPSA) is 84.9 Å². The highest BCUT2D eigenvalue weighted by Gasteiger charge is 2.23. The van der Waals surface area contributed by atoms with Crippen LogP contribution in [0.25, 0.3) is 0 Å². The second kappa shape index (κ2) is 9.46. The van der Waals surface area contributed by atoms with E-state index in [1.165, 1.54) is 7.11 Å². The van der Waals surface area contributed by atoms with Crippen LogP contribution in [0.5, 0.6) is 5.75 Å². The number of aromatic hydroxyl groups is 1. The molecule has 1 amide bonds. The summed E-state index contributed by atoms with van der Waals surface area (Å²) in [5.41, 5.74) is 2.60. The molecule has 0 saturated carbocycles. The molecule has 0 heterocycles. The van der Waals surface area contributed by atoms with Crippen molar-refractivity contribution in [1.29, 1.82) is 0 Å². The number of alkyl carbamates (subject to hydrolysis) is 1. The van der Waals surface area contributed by atoms with Crippen molar-refractivity contribution in [1.82, 2.24) is 5.32 Å². The Bertz CT molecular complexity index is 745. The summed E-state index contributed by atoms with van der Waals surface area (Å²) < 4.78 is 9.96. The number of esters is 1. The van der Waals surface area contributed by atoms with Crippen molar-refractivity contribution < 1.29 is 24.2 Å². The van der Waals surface area contributed by atoms with Crippen molar-refractivity contribution in [3.8, 4) is 5.75 Å². The highest BCUT2D eigenvalue weighted by Crippen LogP contribution is 2.19. The summed E-state index contributed by atoms with van der Waals surface area (Å²) >= 11 is 0. The fourth-order valence-corrected chi connectivity index (χ4v) is 2.60. The van der Waals surface area contributed by atoms with Crippen molar-refractivity contribution in [3.05, 3.63) is 65.2 Å². The second-order valence-corrected chi connectivity index (χ2v) is 5.79. The van der Waals surface area contributed by atoms with Crippen LogP contribution in [-0.4, -0.2) is 30.3 Å². The fraction of sp³-hybridized carbons (Fsp3) is 0.300. The standard InChI is InChI=1S/C20H23NO5/c1-3-15-11-17(22)10-9-16(15)12-18(19(23)25-2)21-20(24)26-13-14-7-5-4-6-8-14/h4-11,18,22H,3,12-13H2,1-2H3,(H,21,24)/t18-/m0/s1. The summed E-state index contributed by atoms with van der Waals surface area (Å²) in [6.07, 6.45) is 0.244. The fourth-order valence-electron chi connectivity index (χ4n) is 2.60. The third kappa shape index (κ3) is 5.51. The first kappa shape index (κ1) is 19.3. The Balaban J connectivity index is 2.03. The van der Waals surface area contributed by atoms with Crippen LogP contribution < -0.4 is 5.32 Å². The zero-order valence-electron chi connectivity index (χ0n) is 14.9. The molecular formula is C20H23NO5. The monoisotopic (exact) mass is 357 g/mol. The number of ether oxygens (including phenoxy) is 2. The van der Waals surface area contributed by atoms with Gasteiger partial charge in [0.1, 0.15) is 18.4 Å². The number of methoxy groups -OCH3 is 1. The highest BCUT2D eigenvalue weighted by atomic mass is 16.6. The lowest BCUT2D eigenvalue weighted by Gasteiger charge is -2.18. The molecule has 1 atom stereocenters. The van der Waals surface area contributed by atoms with Gasteiger partial charge in [0.2, 0.25) is 0 Å². The van der Waals surface area contributed by atoms with E-state index in [0.29, 0.717) is 6.42 Å². The van der Waals surface area contributed by atoms with E-state index in [0.717, 1.165) is 16.7 Å². The lowest BCUT2D eigenvalue weighted by molar-refractivity contribution is -0.143. The quantitative estimate of drug-likeness (QED) is 0.744. The number of carbonyl (C=O) groups excluding carboxylic acids is 2. The van der Waals surface area contributed by atoms with E-state index in [2.05, 4.69) is 5.32 Å². The summed E-state index contributed by atoms with van der Waals surface area (Å²) in [6, 6.07) is 13.3. The molecule has 0 fully saturated rings. The SMILES string of the molecule is CCc1cc(O)ccc1C[C@H](NC(=O)OCc1ccccc1)C(=O)OC. The number of amides is 1. The molecule has 2 N–H and O–H groups in total. The van der Waals surface area contributed by atoms with Crippen LogP contribution in [0.1, 0.15) is 23.6 Å². The first-order valence-corrected chi connectivity index (χ1v) is 8.39. The molecule has 6 nitrogen and oxygen atoms in total. The van der Waals surface area contributed by atoms with Crippen molar-refractivity contribution in [3.63, 3.8) is 0 Å². The Hall–Kier alpha value is -3.02. The summed E-state index contributed by atoms with van der Waals surface area (Å²) in [6.45, 7) is 2.06. The predicted molar refractivity (Wildman–Crippen MR) is 96.8 cm³/mol. The van der Waals surface area contributed by atoms with Gasteiger partial charge in [-0.05, 0) is 35.2 Å². The van der Waals surface area contributed by atoms with Gasteiger partial charge in [0, 0.05) is 6.42 Å². The van der Waals surface area contributed by atoms with Gasteiger partial charge in [0.05, 0.1) is 7.11 Å². The van der Waals surface area contributed by atoms with E-state index in [4.69, 9.17) is 9.47 Å². The molecule has 0 unspecified atom stereocenters. The maximum atomic E-state index is 12.1. The number of carbonyl (C=O) groups is 2. The van der Waals surface area contributed by atoms with E-state index in [1.807, 2.05) is 37.3 Å². The average Bonchev–Trinajstić information content (AvgIpc) is 2.67. The molecule has 2 rings (SSSR count). The summed E-state index contributed by atoms with van der Waals surface area (Å²) in [5.74, 6) is -0.396. The number of hydrogen-bond acceptors (Lipinski definition) is 5. The third-order valence-corrected chi connectivity index (χ3v) is 3.99. The van der Waals surface area contributed by atoms with Gasteiger partial charge in [-0.2, -0.15) is 0 Å². The van der Waals surface area contributed by atoms with Gasteiger partial charge in [0.25, 0.3) is 0 Å². The molecule has 0 spiro atoms. The summed E-state index contributed by atoms with van der Waals surface area (Å²) in [4.78, 5) is 24.1. The van der Waals surface area contributed by atoms with Crippen molar-refractivity contribution in [2.24, 2.45) is 0 Å². The third-order valence-electron chi connectivity index (χ3n) is 3.99. The van der Waals surface area contributed by atoms with Crippen molar-refractivity contribution in [2.45, 2.75) is 32.4 Å². The largest absolute Gasteiger partial charge is 0.508 e. The molecule has 0 aromatic heterocycles. The summed E-state index contributed by atoms with van der Waals surface area (Å²) in [5, 5.41) is 12.2. The number of rotatable bonds is 7. The molecule has 0 bridgehead atoms. The van der Waals surface area contributed by atoms with Gasteiger partial charge in [0.15, 0.2) is 0 Å². The molecule has 0 aliphatic rings. The van der Waals surface area contributed by atoms with E-state index in [1.54, 1.807) is 18.2 Å². The number of hydrogen-bond donors (Lipinski definition) is 2. The first-order chi connectivity index (χ1) is 12.5. The van der Waals surface area contributed by atoms with Crippen LogP contribution in [0, 0.1) is 0 Å². The van der Waals surface area contributed by atoms with Gasteiger partial charge < -0.3 is 19.9 Å². The minimum absolute atomic E-state index is 0.111. The van der Waals surface area contributed by atoms with Crippen LogP contribution in [0.2, 0.25) is 0 Å². The molecule has 0 aliphatic carbocycles. The van der Waals surface area contributed by atoms with Gasteiger partial charge in [-0.1, -0.05) is 43.3 Å². The molecule has 0 aliphatic heterocycles. The Morgan fingerprint density at radius 3 is 2.50 bits per heavy atom. The molecule has 6 heteroatoms. The van der Waals surface area contributed by atoms with E-state index in [9.17, 15) is 14.7 Å². The van der Waals surface area contributed by atoms with E-state index >= 15 is 0 Å². The number of nitrogens with one attached hydrogen (secondary N) is 1. The number of phenols is 1. The van der Waals surface area contributed by atoms with Gasteiger partial charge in [-0.15, -0.1) is 0 Å². The average molecular weight is 357 g/mol. The van der Waals surface area contributed by atoms with E-state index in [-0.39, 0.29) is 18.8 Å². The smallest absolute Gasteiger partial charge is 0.408 e. The number of phenolic OH excluding ortho intramolecular Hbond substituents is 1. The van der Waals surface area contributed by atoms with Crippen LogP contribution in [0.15, 0.2) is 48.5 Å². The summed E-state index contributed by atoms with van der Waals surface area (Å²) in [7, 11) is 1.27. The Labute approximate surface area is 152 Å². The van der Waals surface area contributed by atoms with Gasteiger partial charge in [-0.3, -0.25) is 0 Å². The maximum Gasteiger partial charge on any atom is 0.408 e. The Morgan fingerprint density at radius 2 is 1.85 bits per heavy atom. The predicted octanol–water partition coefficient (Wildman–Crippen LogP) is 2.97. The van der Waals surface area contributed by atoms with Gasteiger partial charge in [-0.25, -0.2) is 9.59 Å². The van der Waals surface area contributed by atoms with Crippen LogP contribution in [-0.2, 0) is 33.7 Å². The first-order valence-electron chi connectivity index (χ1n) is 8.39.